The number of rotatable bonds is 3. The van der Waals surface area contributed by atoms with E-state index >= 15 is 0 Å². The van der Waals surface area contributed by atoms with Crippen LogP contribution >= 0.6 is 0 Å². The van der Waals surface area contributed by atoms with E-state index in [1.165, 1.54) is 6.92 Å². The minimum Gasteiger partial charge on any atom is -0.312 e. The van der Waals surface area contributed by atoms with Crippen LogP contribution in [0.4, 0.5) is 11.4 Å². The monoisotopic (exact) mass is 316 g/mol. The molecule has 0 radical (unpaired) electrons. The topological polar surface area (TPSA) is 66.5 Å². The van der Waals surface area contributed by atoms with Gasteiger partial charge in [-0.1, -0.05) is 18.2 Å². The van der Waals surface area contributed by atoms with Crippen LogP contribution in [0.2, 0.25) is 0 Å². The fourth-order valence-electron chi connectivity index (χ4n) is 2.61. The van der Waals surface area contributed by atoms with E-state index in [1.54, 1.807) is 53.4 Å². The number of nitrogens with one attached hydrogen (secondary N) is 1. The molecule has 1 amide bonds. The molecule has 0 bridgehead atoms. The highest BCUT2D eigenvalue weighted by atomic mass is 32.2. The normalized spacial score (nSPS) is 13.8. The summed E-state index contributed by atoms with van der Waals surface area (Å²) in [5.41, 5.74) is 2.34. The van der Waals surface area contributed by atoms with Crippen LogP contribution in [0.1, 0.15) is 12.5 Å². The minimum absolute atomic E-state index is 0.00336. The molecule has 1 heterocycles. The molecule has 1 aliphatic rings. The molecule has 0 fully saturated rings. The summed E-state index contributed by atoms with van der Waals surface area (Å²) >= 11 is 0. The van der Waals surface area contributed by atoms with E-state index in [1.807, 2.05) is 0 Å². The molecule has 0 aliphatic carbocycles. The second-order valence-corrected chi connectivity index (χ2v) is 6.87. The molecule has 114 valence electrons. The van der Waals surface area contributed by atoms with Crippen LogP contribution in [-0.4, -0.2) is 20.9 Å². The van der Waals surface area contributed by atoms with Gasteiger partial charge < -0.3 is 4.90 Å². The Hall–Kier alpha value is -2.34. The molecule has 22 heavy (non-hydrogen) atoms. The first kappa shape index (κ1) is 14.6. The zero-order chi connectivity index (χ0) is 15.7. The smallest absolute Gasteiger partial charge is 0.261 e. The maximum Gasteiger partial charge on any atom is 0.261 e. The summed E-state index contributed by atoms with van der Waals surface area (Å²) < 4.78 is 27.2. The maximum absolute atomic E-state index is 12.3. The summed E-state index contributed by atoms with van der Waals surface area (Å²) in [6, 6.07) is 13.5. The van der Waals surface area contributed by atoms with Crippen LogP contribution in [0, 0.1) is 0 Å². The Kier molecular flexibility index (Phi) is 3.62. The van der Waals surface area contributed by atoms with E-state index in [0.717, 1.165) is 17.7 Å². The molecule has 0 atom stereocenters. The lowest BCUT2D eigenvalue weighted by Crippen LogP contribution is -2.25. The zero-order valence-corrected chi connectivity index (χ0v) is 12.9. The number of hydrogen-bond donors (Lipinski definition) is 1. The van der Waals surface area contributed by atoms with Gasteiger partial charge in [0.2, 0.25) is 5.91 Å². The average Bonchev–Trinajstić information content (AvgIpc) is 2.91. The number of fused-ring (bicyclic) bond motifs is 1. The SMILES string of the molecule is CC(=O)N1CCc2cc(NS(=O)(=O)c3ccccc3)ccc21. The van der Waals surface area contributed by atoms with Crippen LogP contribution in [0.15, 0.2) is 53.4 Å². The fraction of sp³-hybridized carbons (Fsp3) is 0.188. The molecular formula is C16H16N2O3S. The Labute approximate surface area is 129 Å². The van der Waals surface area contributed by atoms with E-state index in [-0.39, 0.29) is 10.8 Å². The van der Waals surface area contributed by atoms with E-state index in [0.29, 0.717) is 12.2 Å². The van der Waals surface area contributed by atoms with Crippen molar-refractivity contribution >= 4 is 27.3 Å². The molecule has 2 aromatic rings. The molecule has 6 heteroatoms. The number of benzene rings is 2. The summed E-state index contributed by atoms with van der Waals surface area (Å²) in [5, 5.41) is 0. The van der Waals surface area contributed by atoms with Gasteiger partial charge in [0, 0.05) is 24.8 Å². The third-order valence-corrected chi connectivity index (χ3v) is 5.06. The van der Waals surface area contributed by atoms with Gasteiger partial charge in [-0.25, -0.2) is 8.42 Å². The van der Waals surface area contributed by atoms with E-state index in [9.17, 15) is 13.2 Å². The van der Waals surface area contributed by atoms with Crippen LogP contribution < -0.4 is 9.62 Å². The number of nitrogens with zero attached hydrogens (tertiary/aromatic N) is 1. The van der Waals surface area contributed by atoms with Crippen LogP contribution in [0.5, 0.6) is 0 Å². The van der Waals surface area contributed by atoms with E-state index < -0.39 is 10.0 Å². The summed E-state index contributed by atoms with van der Waals surface area (Å²) in [6.07, 6.45) is 0.732. The van der Waals surface area contributed by atoms with Gasteiger partial charge in [-0.05, 0) is 42.3 Å². The van der Waals surface area contributed by atoms with Crippen molar-refractivity contribution in [1.82, 2.24) is 0 Å². The number of carbonyl (C=O) groups is 1. The summed E-state index contributed by atoms with van der Waals surface area (Å²) in [7, 11) is -3.59. The minimum atomic E-state index is -3.59. The average molecular weight is 316 g/mol. The Morgan fingerprint density at radius 1 is 1.14 bits per heavy atom. The van der Waals surface area contributed by atoms with Crippen molar-refractivity contribution < 1.29 is 13.2 Å². The fourth-order valence-corrected chi connectivity index (χ4v) is 3.68. The van der Waals surface area contributed by atoms with Crippen LogP contribution in [0.25, 0.3) is 0 Å². The van der Waals surface area contributed by atoms with Gasteiger partial charge in [0.1, 0.15) is 0 Å². The number of sulfonamides is 1. The zero-order valence-electron chi connectivity index (χ0n) is 12.1. The molecule has 0 spiro atoms. The second-order valence-electron chi connectivity index (χ2n) is 5.18. The Morgan fingerprint density at radius 2 is 1.86 bits per heavy atom. The molecule has 1 aliphatic heterocycles. The summed E-state index contributed by atoms with van der Waals surface area (Å²) in [5.74, 6) is -0.00336. The second kappa shape index (κ2) is 5.46. The van der Waals surface area contributed by atoms with Gasteiger partial charge in [-0.15, -0.1) is 0 Å². The van der Waals surface area contributed by atoms with Crippen molar-refractivity contribution in [2.45, 2.75) is 18.2 Å². The van der Waals surface area contributed by atoms with Crippen molar-refractivity contribution in [3.05, 3.63) is 54.1 Å². The van der Waals surface area contributed by atoms with Gasteiger partial charge >= 0.3 is 0 Å². The molecule has 2 aromatic carbocycles. The first-order valence-corrected chi connectivity index (χ1v) is 8.44. The largest absolute Gasteiger partial charge is 0.312 e. The van der Waals surface area contributed by atoms with E-state index in [4.69, 9.17) is 0 Å². The van der Waals surface area contributed by atoms with Crippen LogP contribution in [-0.2, 0) is 21.2 Å². The lowest BCUT2D eigenvalue weighted by molar-refractivity contribution is -0.116. The molecule has 1 N–H and O–H groups in total. The van der Waals surface area contributed by atoms with Gasteiger partial charge in [-0.2, -0.15) is 0 Å². The molecule has 0 unspecified atom stereocenters. The van der Waals surface area contributed by atoms with Gasteiger partial charge in [0.25, 0.3) is 10.0 Å². The Morgan fingerprint density at radius 3 is 2.55 bits per heavy atom. The van der Waals surface area contributed by atoms with Gasteiger partial charge in [0.05, 0.1) is 4.90 Å². The first-order chi connectivity index (χ1) is 10.5. The van der Waals surface area contributed by atoms with Gasteiger partial charge in [0.15, 0.2) is 0 Å². The number of anilines is 2. The van der Waals surface area contributed by atoms with Crippen molar-refractivity contribution in [1.29, 1.82) is 0 Å². The highest BCUT2D eigenvalue weighted by Gasteiger charge is 2.23. The number of hydrogen-bond acceptors (Lipinski definition) is 3. The predicted molar refractivity (Wildman–Crippen MR) is 85.4 cm³/mol. The molecule has 0 aromatic heterocycles. The lowest BCUT2D eigenvalue weighted by Gasteiger charge is -2.15. The molecule has 3 rings (SSSR count). The quantitative estimate of drug-likeness (QED) is 0.945. The third-order valence-electron chi connectivity index (χ3n) is 3.66. The van der Waals surface area contributed by atoms with Crippen LogP contribution in [0.3, 0.4) is 0 Å². The highest BCUT2D eigenvalue weighted by Crippen LogP contribution is 2.31. The summed E-state index contributed by atoms with van der Waals surface area (Å²) in [6.45, 7) is 2.17. The highest BCUT2D eigenvalue weighted by molar-refractivity contribution is 7.92. The van der Waals surface area contributed by atoms with Gasteiger partial charge in [-0.3, -0.25) is 9.52 Å². The number of carbonyl (C=O) groups excluding carboxylic acids is 1. The Bertz CT molecular complexity index is 817. The van der Waals surface area contributed by atoms with Crippen molar-refractivity contribution in [2.75, 3.05) is 16.2 Å². The van der Waals surface area contributed by atoms with Crippen molar-refractivity contribution in [3.8, 4) is 0 Å². The standard InChI is InChI=1S/C16H16N2O3S/c1-12(19)18-10-9-13-11-14(7-8-16(13)18)17-22(20,21)15-5-3-2-4-6-15/h2-8,11,17H,9-10H2,1H3. The van der Waals surface area contributed by atoms with Crippen molar-refractivity contribution in [3.63, 3.8) is 0 Å². The first-order valence-electron chi connectivity index (χ1n) is 6.96. The molecule has 0 saturated carbocycles. The van der Waals surface area contributed by atoms with E-state index in [2.05, 4.69) is 4.72 Å². The third kappa shape index (κ3) is 2.69. The maximum atomic E-state index is 12.3. The molecule has 5 nitrogen and oxygen atoms in total. The molecule has 0 saturated heterocycles. The lowest BCUT2D eigenvalue weighted by atomic mass is 10.1. The Balaban J connectivity index is 1.88. The molecular weight excluding hydrogens is 300 g/mol. The summed E-state index contributed by atoms with van der Waals surface area (Å²) in [4.78, 5) is 13.4. The predicted octanol–water partition coefficient (Wildman–Crippen LogP) is 2.40. The number of amides is 1. The van der Waals surface area contributed by atoms with Crippen molar-refractivity contribution in [2.24, 2.45) is 0 Å².